The summed E-state index contributed by atoms with van der Waals surface area (Å²) >= 11 is 0. The van der Waals surface area contributed by atoms with Crippen molar-refractivity contribution >= 4 is 23.9 Å². The predicted molar refractivity (Wildman–Crippen MR) is 136 cm³/mol. The number of nitrogens with one attached hydrogen (secondary N) is 1. The van der Waals surface area contributed by atoms with Crippen LogP contribution in [0.1, 0.15) is 56.1 Å². The van der Waals surface area contributed by atoms with Crippen molar-refractivity contribution in [1.29, 1.82) is 0 Å². The minimum atomic E-state index is -0.864. The molecule has 35 heavy (non-hydrogen) atoms. The number of aliphatic carboxylic acids is 1. The van der Waals surface area contributed by atoms with E-state index in [-0.39, 0.29) is 12.8 Å². The Morgan fingerprint density at radius 1 is 1.37 bits per heavy atom. The van der Waals surface area contributed by atoms with Gasteiger partial charge in [-0.2, -0.15) is 5.48 Å². The summed E-state index contributed by atoms with van der Waals surface area (Å²) in [5.74, 6) is 1.05. The lowest BCUT2D eigenvalue weighted by atomic mass is 10.1. The summed E-state index contributed by atoms with van der Waals surface area (Å²) in [4.78, 5) is 34.8. The number of carboxylic acids is 1. The molecule has 1 aromatic rings. The van der Waals surface area contributed by atoms with Crippen LogP contribution in [0.3, 0.4) is 0 Å². The summed E-state index contributed by atoms with van der Waals surface area (Å²) in [6.45, 7) is 5.73. The fourth-order valence-corrected chi connectivity index (χ4v) is 3.68. The van der Waals surface area contributed by atoms with Crippen molar-refractivity contribution in [2.45, 2.75) is 64.3 Å². The first-order valence-corrected chi connectivity index (χ1v) is 12.0. The van der Waals surface area contributed by atoms with E-state index in [1.165, 1.54) is 11.0 Å². The van der Waals surface area contributed by atoms with E-state index in [1.807, 2.05) is 25.1 Å². The minimum Gasteiger partial charge on any atom is -0.481 e. The summed E-state index contributed by atoms with van der Waals surface area (Å²) in [7, 11) is 1.74. The molecule has 190 valence electrons. The molecule has 1 aromatic carbocycles. The highest BCUT2D eigenvalue weighted by Gasteiger charge is 2.27. The van der Waals surface area contributed by atoms with Crippen LogP contribution >= 0.6 is 0 Å². The number of carbonyl (C=O) groups is 2. The number of hydrogen-bond donors (Lipinski definition) is 2. The lowest BCUT2D eigenvalue weighted by Gasteiger charge is -2.26. The molecule has 1 unspecified atom stereocenters. The van der Waals surface area contributed by atoms with E-state index >= 15 is 0 Å². The maximum Gasteiger partial charge on any atom is 0.303 e. The number of hydroxylamine groups is 1. The van der Waals surface area contributed by atoms with Crippen LogP contribution in [0.4, 0.5) is 10.1 Å². The Balaban J connectivity index is 2.34. The normalized spacial score (nSPS) is 15.2. The van der Waals surface area contributed by atoms with Gasteiger partial charge in [-0.25, -0.2) is 9.38 Å². The quantitative estimate of drug-likeness (QED) is 0.0610. The Hall–Kier alpha value is -3.26. The average molecular weight is 486 g/mol. The predicted octanol–water partition coefficient (Wildman–Crippen LogP) is 5.54. The maximum absolute atomic E-state index is 12.6. The number of aliphatic imine (C=N–C) groups is 1. The van der Waals surface area contributed by atoms with Gasteiger partial charge in [0.25, 0.3) is 0 Å². The van der Waals surface area contributed by atoms with Gasteiger partial charge in [0.1, 0.15) is 11.6 Å². The summed E-state index contributed by atoms with van der Waals surface area (Å²) in [5.41, 5.74) is 5.47. The van der Waals surface area contributed by atoms with Gasteiger partial charge in [0, 0.05) is 25.8 Å². The van der Waals surface area contributed by atoms with Gasteiger partial charge in [0.05, 0.1) is 18.1 Å². The summed E-state index contributed by atoms with van der Waals surface area (Å²) in [6, 6.07) is 5.54. The third-order valence-corrected chi connectivity index (χ3v) is 5.81. The molecule has 1 amide bonds. The standard InChI is InChI=1S/C27H36FN3O4/c1-4-23(8-7-17-28)31(19-32)26(9-5-6-10-27(33)34)30-24-18-21(12-11-20(24)2)13-16-25(35-29-3)22-14-15-22/h4,7,11-12,16-19,22-23,29H,1,5-6,8-10,13-15H2,2-3H3,(H,33,34)/b17-7+,25-16-,30-26-. The highest BCUT2D eigenvalue weighted by molar-refractivity contribution is 5.93. The van der Waals surface area contributed by atoms with Crippen LogP contribution in [0.15, 0.2) is 60.1 Å². The number of benzene rings is 1. The molecule has 0 radical (unpaired) electrons. The number of unbranched alkanes of at least 4 members (excludes halogenated alkanes) is 1. The van der Waals surface area contributed by atoms with E-state index in [2.05, 4.69) is 18.1 Å². The number of rotatable bonds is 16. The minimum absolute atomic E-state index is 0.0444. The average Bonchev–Trinajstić information content (AvgIpc) is 3.68. The molecule has 2 N–H and O–H groups in total. The number of aryl methyl sites for hydroxylation is 1. The number of allylic oxidation sites excluding steroid dienone is 2. The molecule has 1 atom stereocenters. The van der Waals surface area contributed by atoms with Crippen molar-refractivity contribution in [2.75, 3.05) is 7.05 Å². The zero-order valence-electron chi connectivity index (χ0n) is 20.6. The number of carbonyl (C=O) groups excluding carboxylic acids is 1. The second-order valence-corrected chi connectivity index (χ2v) is 8.55. The highest BCUT2D eigenvalue weighted by atomic mass is 19.1. The van der Waals surface area contributed by atoms with Gasteiger partial charge in [0.2, 0.25) is 6.41 Å². The number of hydrogen-bond acceptors (Lipinski definition) is 5. The topological polar surface area (TPSA) is 91.2 Å². The van der Waals surface area contributed by atoms with Crippen LogP contribution in [0, 0.1) is 12.8 Å². The molecule has 2 rings (SSSR count). The molecule has 1 aliphatic carbocycles. The van der Waals surface area contributed by atoms with Crippen LogP contribution in [-0.4, -0.2) is 41.3 Å². The second-order valence-electron chi connectivity index (χ2n) is 8.55. The largest absolute Gasteiger partial charge is 0.481 e. The monoisotopic (exact) mass is 485 g/mol. The van der Waals surface area contributed by atoms with Crippen molar-refractivity contribution in [3.8, 4) is 0 Å². The summed E-state index contributed by atoms with van der Waals surface area (Å²) < 4.78 is 12.6. The van der Waals surface area contributed by atoms with Crippen LogP contribution in [-0.2, 0) is 20.8 Å². The summed E-state index contributed by atoms with van der Waals surface area (Å²) in [6.07, 6.45) is 10.8. The zero-order valence-corrected chi connectivity index (χ0v) is 20.6. The van der Waals surface area contributed by atoms with Crippen molar-refractivity contribution in [2.24, 2.45) is 10.9 Å². The van der Waals surface area contributed by atoms with Crippen molar-refractivity contribution < 1.29 is 23.9 Å². The van der Waals surface area contributed by atoms with Gasteiger partial charge >= 0.3 is 5.97 Å². The highest BCUT2D eigenvalue weighted by Crippen LogP contribution is 2.36. The fourth-order valence-electron chi connectivity index (χ4n) is 3.68. The number of nitrogens with zero attached hydrogens (tertiary/aromatic N) is 2. The molecular weight excluding hydrogens is 449 g/mol. The Morgan fingerprint density at radius 2 is 2.11 bits per heavy atom. The van der Waals surface area contributed by atoms with Crippen molar-refractivity contribution in [1.82, 2.24) is 10.4 Å². The molecule has 1 aliphatic rings. The maximum atomic E-state index is 12.6. The summed E-state index contributed by atoms with van der Waals surface area (Å²) in [5, 5.41) is 8.95. The molecule has 0 aliphatic heterocycles. The lowest BCUT2D eigenvalue weighted by Crippen LogP contribution is -2.38. The first-order valence-electron chi connectivity index (χ1n) is 12.0. The van der Waals surface area contributed by atoms with E-state index in [4.69, 9.17) is 14.9 Å². The van der Waals surface area contributed by atoms with E-state index in [9.17, 15) is 14.0 Å². The van der Waals surface area contributed by atoms with Gasteiger partial charge in [-0.3, -0.25) is 14.5 Å². The smallest absolute Gasteiger partial charge is 0.303 e. The lowest BCUT2D eigenvalue weighted by molar-refractivity contribution is -0.137. The number of amides is 1. The van der Waals surface area contributed by atoms with Gasteiger partial charge in [0.15, 0.2) is 0 Å². The molecule has 8 heteroatoms. The first-order chi connectivity index (χ1) is 16.9. The Bertz CT molecular complexity index is 954. The van der Waals surface area contributed by atoms with Gasteiger partial charge in [-0.1, -0.05) is 24.3 Å². The van der Waals surface area contributed by atoms with Crippen molar-refractivity contribution in [3.05, 3.63) is 66.2 Å². The molecule has 7 nitrogen and oxygen atoms in total. The van der Waals surface area contributed by atoms with Crippen molar-refractivity contribution in [3.63, 3.8) is 0 Å². The third kappa shape index (κ3) is 9.48. The van der Waals surface area contributed by atoms with Crippen LogP contribution < -0.4 is 5.48 Å². The first kappa shape index (κ1) is 28.0. The molecule has 0 spiro atoms. The van der Waals surface area contributed by atoms with E-state index in [0.29, 0.717) is 50.2 Å². The Kier molecular flexibility index (Phi) is 11.9. The van der Waals surface area contributed by atoms with Gasteiger partial charge in [-0.15, -0.1) is 6.58 Å². The van der Waals surface area contributed by atoms with E-state index in [1.54, 1.807) is 13.1 Å². The molecule has 0 bridgehead atoms. The van der Waals surface area contributed by atoms with E-state index < -0.39 is 12.0 Å². The molecule has 0 aromatic heterocycles. The third-order valence-electron chi connectivity index (χ3n) is 5.81. The molecule has 1 fully saturated rings. The zero-order chi connectivity index (χ0) is 25.6. The molecule has 0 saturated heterocycles. The van der Waals surface area contributed by atoms with E-state index in [0.717, 1.165) is 35.4 Å². The van der Waals surface area contributed by atoms with Crippen LogP contribution in [0.25, 0.3) is 0 Å². The molecular formula is C27H36FN3O4. The number of amidine groups is 1. The number of carboxylic acid groups (broad SMARTS) is 1. The molecule has 0 heterocycles. The number of halogens is 1. The van der Waals surface area contributed by atoms with Crippen LogP contribution in [0.5, 0.6) is 0 Å². The van der Waals surface area contributed by atoms with Gasteiger partial charge < -0.3 is 9.94 Å². The second kappa shape index (κ2) is 14.9. The van der Waals surface area contributed by atoms with Gasteiger partial charge in [-0.05, 0) is 68.7 Å². The Morgan fingerprint density at radius 3 is 2.71 bits per heavy atom. The van der Waals surface area contributed by atoms with Crippen LogP contribution in [0.2, 0.25) is 0 Å². The Labute approximate surface area is 207 Å². The SMILES string of the molecule is C=CC(C/C=C/F)N(C=O)/C(CCCCC(=O)O)=N\c1cc(C/C=C(\ONC)C2CC2)ccc1C. The fraction of sp³-hybridized carbons (Fsp3) is 0.444. The molecule has 1 saturated carbocycles.